The van der Waals surface area contributed by atoms with Gasteiger partial charge in [0.25, 0.3) is 0 Å². The van der Waals surface area contributed by atoms with Gasteiger partial charge in [0.05, 0.1) is 11.4 Å². The van der Waals surface area contributed by atoms with Gasteiger partial charge < -0.3 is 20.4 Å². The summed E-state index contributed by atoms with van der Waals surface area (Å²) in [6.07, 6.45) is -4.48. The number of likely N-dealkylation sites (N-methyl/N-ethyl adjacent to an activating group) is 1. The number of urea groups is 1. The molecule has 0 aliphatic carbocycles. The molecule has 2 N–H and O–H groups in total. The lowest BCUT2D eigenvalue weighted by Crippen LogP contribution is -2.48. The fraction of sp³-hybridized carbons (Fsp3) is 0.438. The van der Waals surface area contributed by atoms with Gasteiger partial charge in [0.15, 0.2) is 0 Å². The van der Waals surface area contributed by atoms with Gasteiger partial charge in [0, 0.05) is 19.5 Å². The minimum absolute atomic E-state index is 0.0599. The van der Waals surface area contributed by atoms with Crippen LogP contribution in [0.3, 0.4) is 0 Å². The van der Waals surface area contributed by atoms with Crippen LogP contribution < -0.4 is 15.5 Å². The number of amides is 4. The number of carbonyl (C=O) groups excluding carboxylic acids is 3. The molecule has 0 saturated heterocycles. The molecule has 1 aromatic rings. The maximum atomic E-state index is 12.7. The van der Waals surface area contributed by atoms with E-state index in [2.05, 4.69) is 5.32 Å². The second-order valence-corrected chi connectivity index (χ2v) is 6.01. The van der Waals surface area contributed by atoms with Crippen LogP contribution in [-0.4, -0.2) is 55.1 Å². The smallest absolute Gasteiger partial charge is 0.329 e. The van der Waals surface area contributed by atoms with Crippen molar-refractivity contribution < 1.29 is 27.6 Å². The quantitative estimate of drug-likeness (QED) is 0.851. The number of fused-ring (bicyclic) bond motifs is 1. The van der Waals surface area contributed by atoms with E-state index in [9.17, 15) is 27.6 Å². The van der Waals surface area contributed by atoms with Crippen LogP contribution in [0, 0.1) is 0 Å². The number of alkyl halides is 3. The predicted octanol–water partition coefficient (Wildman–Crippen LogP) is 1.95. The summed E-state index contributed by atoms with van der Waals surface area (Å²) in [5, 5.41) is 4.41. The monoisotopic (exact) mass is 372 g/mol. The molecule has 142 valence electrons. The van der Waals surface area contributed by atoms with Gasteiger partial charge in [-0.1, -0.05) is 12.1 Å². The number of hydrogen-bond donors (Lipinski definition) is 2. The largest absolute Gasteiger partial charge is 0.405 e. The number of rotatable bonds is 3. The molecule has 1 aliphatic heterocycles. The molecule has 7 nitrogen and oxygen atoms in total. The zero-order valence-electron chi connectivity index (χ0n) is 14.3. The van der Waals surface area contributed by atoms with Crippen LogP contribution in [0.4, 0.5) is 29.3 Å². The summed E-state index contributed by atoms with van der Waals surface area (Å²) in [6, 6.07) is 5.21. The number of para-hydroxylation sites is 2. The van der Waals surface area contributed by atoms with Crippen LogP contribution in [0.2, 0.25) is 0 Å². The van der Waals surface area contributed by atoms with Gasteiger partial charge in [-0.25, -0.2) is 4.79 Å². The Morgan fingerprint density at radius 2 is 2.00 bits per heavy atom. The van der Waals surface area contributed by atoms with Crippen LogP contribution in [0.15, 0.2) is 24.3 Å². The van der Waals surface area contributed by atoms with Crippen LogP contribution in [0.25, 0.3) is 0 Å². The first-order valence-corrected chi connectivity index (χ1v) is 7.85. The summed E-state index contributed by atoms with van der Waals surface area (Å²) < 4.78 is 36.6. The summed E-state index contributed by atoms with van der Waals surface area (Å²) in [5.41, 5.74) is 0.930. The summed E-state index contributed by atoms with van der Waals surface area (Å²) in [4.78, 5) is 38.6. The number of benzene rings is 1. The zero-order chi connectivity index (χ0) is 19.5. The van der Waals surface area contributed by atoms with Crippen molar-refractivity contribution >= 4 is 29.2 Å². The molecule has 0 spiro atoms. The second kappa shape index (κ2) is 7.63. The Kier molecular flexibility index (Phi) is 5.73. The number of hydrogen-bond acceptors (Lipinski definition) is 3. The van der Waals surface area contributed by atoms with Gasteiger partial charge in [0.1, 0.15) is 13.1 Å². The number of anilines is 2. The second-order valence-electron chi connectivity index (χ2n) is 6.01. The fourth-order valence-corrected chi connectivity index (χ4v) is 2.63. The lowest BCUT2D eigenvalue weighted by Gasteiger charge is -2.29. The first-order chi connectivity index (χ1) is 12.1. The molecule has 10 heteroatoms. The molecule has 4 amide bonds. The number of halogens is 3. The van der Waals surface area contributed by atoms with Crippen molar-refractivity contribution in [3.8, 4) is 0 Å². The zero-order valence-corrected chi connectivity index (χ0v) is 14.3. The Bertz CT molecular complexity index is 708. The SMILES string of the molecule is CC1CC(=O)Nc2ccccc2N1C(=O)CN(C)C(=O)NCC(F)(F)F. The Balaban J connectivity index is 2.12. The number of carbonyl (C=O) groups is 3. The van der Waals surface area contributed by atoms with Gasteiger partial charge in [0.2, 0.25) is 11.8 Å². The molecule has 0 aromatic heterocycles. The minimum atomic E-state index is -4.54. The van der Waals surface area contributed by atoms with Crippen LogP contribution >= 0.6 is 0 Å². The number of nitrogens with one attached hydrogen (secondary N) is 2. The van der Waals surface area contributed by atoms with Gasteiger partial charge in [-0.3, -0.25) is 9.59 Å². The first kappa shape index (κ1) is 19.5. The van der Waals surface area contributed by atoms with E-state index in [0.717, 1.165) is 4.90 Å². The standard InChI is InChI=1S/C16H19F3N4O3/c1-10-7-13(24)21-11-5-3-4-6-12(11)23(10)14(25)8-22(2)15(26)20-9-16(17,18)19/h3-6,10H,7-9H2,1-2H3,(H,20,26)(H,21,24). The molecule has 0 fully saturated rings. The van der Waals surface area contributed by atoms with Crippen molar-refractivity contribution in [3.63, 3.8) is 0 Å². The van der Waals surface area contributed by atoms with Crippen LogP contribution in [0.5, 0.6) is 0 Å². The topological polar surface area (TPSA) is 81.8 Å². The summed E-state index contributed by atoms with van der Waals surface area (Å²) >= 11 is 0. The third-order valence-corrected chi connectivity index (χ3v) is 3.79. The van der Waals surface area contributed by atoms with Crippen molar-refractivity contribution in [2.45, 2.75) is 25.6 Å². The lowest BCUT2D eigenvalue weighted by atomic mass is 10.1. The Morgan fingerprint density at radius 1 is 1.35 bits per heavy atom. The summed E-state index contributed by atoms with van der Waals surface area (Å²) in [5.74, 6) is -0.761. The third-order valence-electron chi connectivity index (χ3n) is 3.79. The molecule has 0 bridgehead atoms. The van der Waals surface area contributed by atoms with Crippen molar-refractivity contribution in [1.82, 2.24) is 10.2 Å². The molecular formula is C16H19F3N4O3. The average Bonchev–Trinajstić information content (AvgIpc) is 2.65. The van der Waals surface area contributed by atoms with E-state index < -0.39 is 37.2 Å². The summed E-state index contributed by atoms with van der Waals surface area (Å²) in [7, 11) is 1.22. The van der Waals surface area contributed by atoms with E-state index in [-0.39, 0.29) is 12.3 Å². The van der Waals surface area contributed by atoms with Crippen LogP contribution in [-0.2, 0) is 9.59 Å². The molecule has 0 saturated carbocycles. The molecule has 1 heterocycles. The molecule has 1 aromatic carbocycles. The Morgan fingerprint density at radius 3 is 2.65 bits per heavy atom. The van der Waals surface area contributed by atoms with Gasteiger partial charge in [-0.05, 0) is 19.1 Å². The molecule has 1 aliphatic rings. The Hall–Kier alpha value is -2.78. The summed E-state index contributed by atoms with van der Waals surface area (Å²) in [6.45, 7) is -0.231. The molecule has 0 radical (unpaired) electrons. The van der Waals surface area contributed by atoms with E-state index in [0.29, 0.717) is 11.4 Å². The molecule has 1 unspecified atom stereocenters. The van der Waals surface area contributed by atoms with E-state index in [1.54, 1.807) is 36.5 Å². The van der Waals surface area contributed by atoms with E-state index in [1.165, 1.54) is 11.9 Å². The molecule has 1 atom stereocenters. The highest BCUT2D eigenvalue weighted by Crippen LogP contribution is 2.31. The highest BCUT2D eigenvalue weighted by atomic mass is 19.4. The maximum Gasteiger partial charge on any atom is 0.405 e. The van der Waals surface area contributed by atoms with Gasteiger partial charge in [-0.2, -0.15) is 13.2 Å². The van der Waals surface area contributed by atoms with Gasteiger partial charge >= 0.3 is 12.2 Å². The molecular weight excluding hydrogens is 353 g/mol. The maximum absolute atomic E-state index is 12.7. The van der Waals surface area contributed by atoms with E-state index in [1.807, 2.05) is 0 Å². The van der Waals surface area contributed by atoms with Crippen molar-refractivity contribution in [2.24, 2.45) is 0 Å². The molecule has 2 rings (SSSR count). The minimum Gasteiger partial charge on any atom is -0.329 e. The van der Waals surface area contributed by atoms with E-state index in [4.69, 9.17) is 0 Å². The van der Waals surface area contributed by atoms with Crippen LogP contribution in [0.1, 0.15) is 13.3 Å². The Labute approximate surface area is 148 Å². The normalized spacial score (nSPS) is 17.0. The highest BCUT2D eigenvalue weighted by molar-refractivity contribution is 6.05. The van der Waals surface area contributed by atoms with E-state index >= 15 is 0 Å². The predicted molar refractivity (Wildman–Crippen MR) is 88.7 cm³/mol. The van der Waals surface area contributed by atoms with Gasteiger partial charge in [-0.15, -0.1) is 0 Å². The lowest BCUT2D eigenvalue weighted by molar-refractivity contribution is -0.123. The first-order valence-electron chi connectivity index (χ1n) is 7.85. The fourth-order valence-electron chi connectivity index (χ4n) is 2.63. The van der Waals surface area contributed by atoms with Crippen molar-refractivity contribution in [2.75, 3.05) is 30.4 Å². The van der Waals surface area contributed by atoms with Crippen molar-refractivity contribution in [1.29, 1.82) is 0 Å². The average molecular weight is 372 g/mol. The third kappa shape index (κ3) is 4.87. The number of nitrogens with zero attached hydrogens (tertiary/aromatic N) is 2. The molecule has 26 heavy (non-hydrogen) atoms. The highest BCUT2D eigenvalue weighted by Gasteiger charge is 2.32. The van der Waals surface area contributed by atoms with Crippen molar-refractivity contribution in [3.05, 3.63) is 24.3 Å².